The zero-order valence-corrected chi connectivity index (χ0v) is 10.4. The van der Waals surface area contributed by atoms with Gasteiger partial charge in [-0.3, -0.25) is 0 Å². The molecule has 0 atom stereocenters. The molecule has 1 N–H and O–H groups in total. The van der Waals surface area contributed by atoms with E-state index in [9.17, 15) is 8.42 Å². The number of aryl methyl sites for hydroxylation is 1. The van der Waals surface area contributed by atoms with Gasteiger partial charge in [0.25, 0.3) is 0 Å². The van der Waals surface area contributed by atoms with E-state index in [0.29, 0.717) is 24.5 Å². The fraction of sp³-hybridized carbons (Fsp3) is 0.455. The summed E-state index contributed by atoms with van der Waals surface area (Å²) < 4.78 is 31.1. The monoisotopic (exact) mass is 243 g/mol. The van der Waals surface area contributed by atoms with Gasteiger partial charge < -0.3 is 4.74 Å². The minimum Gasteiger partial charge on any atom is -0.385 e. The van der Waals surface area contributed by atoms with Crippen LogP contribution in [-0.2, 0) is 14.8 Å². The topological polar surface area (TPSA) is 55.4 Å². The van der Waals surface area contributed by atoms with Gasteiger partial charge in [-0.15, -0.1) is 0 Å². The van der Waals surface area contributed by atoms with E-state index in [0.717, 1.165) is 5.56 Å². The number of sulfonamides is 1. The van der Waals surface area contributed by atoms with Gasteiger partial charge >= 0.3 is 0 Å². The maximum atomic E-state index is 11.9. The van der Waals surface area contributed by atoms with Gasteiger partial charge in [-0.25, -0.2) is 13.1 Å². The third-order valence-electron chi connectivity index (χ3n) is 2.20. The van der Waals surface area contributed by atoms with E-state index < -0.39 is 10.0 Å². The molecule has 1 aromatic carbocycles. The van der Waals surface area contributed by atoms with Crippen LogP contribution >= 0.6 is 0 Å². The van der Waals surface area contributed by atoms with E-state index in [4.69, 9.17) is 4.74 Å². The van der Waals surface area contributed by atoms with Crippen molar-refractivity contribution in [3.05, 3.63) is 29.8 Å². The quantitative estimate of drug-likeness (QED) is 0.766. The summed E-state index contributed by atoms with van der Waals surface area (Å²) in [4.78, 5) is 0.340. The SMILES string of the molecule is COCCCNS(=O)(=O)c1ccccc1C. The molecule has 0 unspecified atom stereocenters. The van der Waals surface area contributed by atoms with Crippen LogP contribution in [0.5, 0.6) is 0 Å². The van der Waals surface area contributed by atoms with E-state index >= 15 is 0 Å². The van der Waals surface area contributed by atoms with Crippen LogP contribution < -0.4 is 4.72 Å². The Morgan fingerprint density at radius 2 is 2.00 bits per heavy atom. The summed E-state index contributed by atoms with van der Waals surface area (Å²) in [7, 11) is -1.78. The number of benzene rings is 1. The second kappa shape index (κ2) is 5.98. The third kappa shape index (κ3) is 3.59. The number of methoxy groups -OCH3 is 1. The second-order valence-electron chi connectivity index (χ2n) is 3.51. The van der Waals surface area contributed by atoms with Gasteiger partial charge in [-0.2, -0.15) is 0 Å². The van der Waals surface area contributed by atoms with Crippen LogP contribution in [0.15, 0.2) is 29.2 Å². The van der Waals surface area contributed by atoms with Gasteiger partial charge in [0.1, 0.15) is 0 Å². The Balaban J connectivity index is 2.68. The van der Waals surface area contributed by atoms with Gasteiger partial charge in [-0.05, 0) is 25.0 Å². The number of hydrogen-bond acceptors (Lipinski definition) is 3. The molecule has 0 aliphatic carbocycles. The molecule has 16 heavy (non-hydrogen) atoms. The van der Waals surface area contributed by atoms with Gasteiger partial charge in [0, 0.05) is 20.3 Å². The molecule has 90 valence electrons. The van der Waals surface area contributed by atoms with Crippen molar-refractivity contribution < 1.29 is 13.2 Å². The fourth-order valence-corrected chi connectivity index (χ4v) is 2.68. The minimum absolute atomic E-state index is 0.340. The first kappa shape index (κ1) is 13.2. The maximum absolute atomic E-state index is 11.9. The Hall–Kier alpha value is -0.910. The maximum Gasteiger partial charge on any atom is 0.240 e. The molecule has 0 amide bonds. The third-order valence-corrected chi connectivity index (χ3v) is 3.82. The highest BCUT2D eigenvalue weighted by Crippen LogP contribution is 2.13. The van der Waals surface area contributed by atoms with Gasteiger partial charge in [0.2, 0.25) is 10.0 Å². The highest BCUT2D eigenvalue weighted by Gasteiger charge is 2.14. The van der Waals surface area contributed by atoms with E-state index in [-0.39, 0.29) is 0 Å². The van der Waals surface area contributed by atoms with Crippen molar-refractivity contribution in [2.24, 2.45) is 0 Å². The molecule has 0 spiro atoms. The van der Waals surface area contributed by atoms with Crippen LogP contribution in [0.25, 0.3) is 0 Å². The van der Waals surface area contributed by atoms with Crippen molar-refractivity contribution in [2.45, 2.75) is 18.2 Å². The molecule has 0 aliphatic rings. The lowest BCUT2D eigenvalue weighted by Crippen LogP contribution is -2.26. The molecule has 1 rings (SSSR count). The molecule has 0 aliphatic heterocycles. The van der Waals surface area contributed by atoms with Crippen molar-refractivity contribution in [3.8, 4) is 0 Å². The van der Waals surface area contributed by atoms with Crippen LogP contribution in [-0.4, -0.2) is 28.7 Å². The van der Waals surface area contributed by atoms with Gasteiger partial charge in [0.15, 0.2) is 0 Å². The summed E-state index contributed by atoms with van der Waals surface area (Å²) in [6, 6.07) is 6.92. The largest absolute Gasteiger partial charge is 0.385 e. The normalized spacial score (nSPS) is 11.6. The first-order valence-electron chi connectivity index (χ1n) is 5.12. The highest BCUT2D eigenvalue weighted by molar-refractivity contribution is 7.89. The van der Waals surface area contributed by atoms with Crippen LogP contribution in [0.3, 0.4) is 0 Å². The van der Waals surface area contributed by atoms with Gasteiger partial charge in [0.05, 0.1) is 4.90 Å². The Morgan fingerprint density at radius 3 is 2.62 bits per heavy atom. The van der Waals surface area contributed by atoms with E-state index in [1.54, 1.807) is 32.2 Å². The van der Waals surface area contributed by atoms with Crippen LogP contribution in [0.4, 0.5) is 0 Å². The zero-order chi connectivity index (χ0) is 12.0. The van der Waals surface area contributed by atoms with Crippen molar-refractivity contribution in [1.29, 1.82) is 0 Å². The summed E-state index contributed by atoms with van der Waals surface area (Å²) >= 11 is 0. The lowest BCUT2D eigenvalue weighted by atomic mass is 10.2. The molecule has 0 saturated carbocycles. The molecule has 0 bridgehead atoms. The van der Waals surface area contributed by atoms with E-state index in [1.807, 2.05) is 6.07 Å². The molecule has 0 heterocycles. The average Bonchev–Trinajstić information content (AvgIpc) is 2.25. The van der Waals surface area contributed by atoms with E-state index in [1.165, 1.54) is 0 Å². The molecule has 0 aromatic heterocycles. The first-order chi connectivity index (χ1) is 7.58. The molecule has 5 heteroatoms. The summed E-state index contributed by atoms with van der Waals surface area (Å²) in [5.74, 6) is 0. The highest BCUT2D eigenvalue weighted by atomic mass is 32.2. The van der Waals surface area contributed by atoms with Crippen LogP contribution in [0.1, 0.15) is 12.0 Å². The lowest BCUT2D eigenvalue weighted by molar-refractivity contribution is 0.196. The Bertz CT molecular complexity index is 429. The zero-order valence-electron chi connectivity index (χ0n) is 9.56. The van der Waals surface area contributed by atoms with Crippen LogP contribution in [0, 0.1) is 6.92 Å². The predicted octanol–water partition coefficient (Wildman–Crippen LogP) is 1.31. The van der Waals surface area contributed by atoms with Crippen molar-refractivity contribution >= 4 is 10.0 Å². The Morgan fingerprint density at radius 1 is 1.31 bits per heavy atom. The summed E-state index contributed by atoms with van der Waals surface area (Å²) in [5.41, 5.74) is 0.752. The minimum atomic E-state index is -3.38. The molecule has 1 aromatic rings. The Kier molecular flexibility index (Phi) is 4.92. The van der Waals surface area contributed by atoms with Crippen LogP contribution in [0.2, 0.25) is 0 Å². The smallest absolute Gasteiger partial charge is 0.240 e. The molecular formula is C11H17NO3S. The lowest BCUT2D eigenvalue weighted by Gasteiger charge is -2.08. The number of nitrogens with one attached hydrogen (secondary N) is 1. The first-order valence-corrected chi connectivity index (χ1v) is 6.60. The number of ether oxygens (including phenoxy) is 1. The van der Waals surface area contributed by atoms with Crippen molar-refractivity contribution in [1.82, 2.24) is 4.72 Å². The fourth-order valence-electron chi connectivity index (χ4n) is 1.36. The van der Waals surface area contributed by atoms with Gasteiger partial charge in [-0.1, -0.05) is 18.2 Å². The second-order valence-corrected chi connectivity index (χ2v) is 5.24. The molecule has 0 fully saturated rings. The van der Waals surface area contributed by atoms with E-state index in [2.05, 4.69) is 4.72 Å². The van der Waals surface area contributed by atoms with Crippen molar-refractivity contribution in [2.75, 3.05) is 20.3 Å². The predicted molar refractivity (Wildman–Crippen MR) is 62.9 cm³/mol. The molecule has 0 radical (unpaired) electrons. The molecule has 0 saturated heterocycles. The summed E-state index contributed by atoms with van der Waals surface area (Å²) in [5, 5.41) is 0. The number of hydrogen-bond donors (Lipinski definition) is 1. The summed E-state index contributed by atoms with van der Waals surface area (Å²) in [6.45, 7) is 2.73. The standard InChI is InChI=1S/C11H17NO3S/c1-10-6-3-4-7-11(10)16(13,14)12-8-5-9-15-2/h3-4,6-7,12H,5,8-9H2,1-2H3. The average molecular weight is 243 g/mol. The summed E-state index contributed by atoms with van der Waals surface area (Å²) in [6.07, 6.45) is 0.668. The number of rotatable bonds is 6. The molecule has 4 nitrogen and oxygen atoms in total. The van der Waals surface area contributed by atoms with Crippen molar-refractivity contribution in [3.63, 3.8) is 0 Å². The molecular weight excluding hydrogens is 226 g/mol. The Labute approximate surface area is 96.7 Å².